The van der Waals surface area contributed by atoms with E-state index < -0.39 is 11.7 Å². The first-order valence-corrected chi connectivity index (χ1v) is 11.1. The highest BCUT2D eigenvalue weighted by atomic mass is 32.1. The first kappa shape index (κ1) is 21.1. The molecule has 7 heteroatoms. The van der Waals surface area contributed by atoms with E-state index in [1.54, 1.807) is 23.1 Å². The number of carbonyl (C=O) groups excluding carboxylic acids is 2. The molecular weight excluding hydrogens is 415 g/mol. The van der Waals surface area contributed by atoms with Crippen molar-refractivity contribution in [1.29, 1.82) is 0 Å². The molecule has 0 aliphatic carbocycles. The molecule has 2 heterocycles. The molecule has 160 valence electrons. The molecule has 0 saturated carbocycles. The van der Waals surface area contributed by atoms with Crippen molar-refractivity contribution in [2.24, 2.45) is 0 Å². The van der Waals surface area contributed by atoms with Gasteiger partial charge in [0.2, 0.25) is 0 Å². The summed E-state index contributed by atoms with van der Waals surface area (Å²) in [6.45, 7) is 1.34. The largest absolute Gasteiger partial charge is 0.482 e. The number of thiophene rings is 1. The van der Waals surface area contributed by atoms with Crippen LogP contribution >= 0.6 is 11.3 Å². The number of benzene rings is 2. The Balaban J connectivity index is 1.56. The van der Waals surface area contributed by atoms with E-state index in [4.69, 9.17) is 4.74 Å². The summed E-state index contributed by atoms with van der Waals surface area (Å²) in [6.07, 6.45) is 3.13. The van der Waals surface area contributed by atoms with Crippen molar-refractivity contribution in [2.75, 3.05) is 25.0 Å². The van der Waals surface area contributed by atoms with Gasteiger partial charge in [-0.3, -0.25) is 9.59 Å². The van der Waals surface area contributed by atoms with E-state index in [0.29, 0.717) is 10.6 Å². The Hall–Kier alpha value is -3.19. The molecule has 0 atom stereocenters. The first-order chi connectivity index (χ1) is 15.1. The fraction of sp³-hybridized carbons (Fsp3) is 0.250. The molecule has 0 unspecified atom stereocenters. The van der Waals surface area contributed by atoms with Gasteiger partial charge in [0.25, 0.3) is 11.8 Å². The van der Waals surface area contributed by atoms with Crippen LogP contribution in [0.5, 0.6) is 5.75 Å². The fourth-order valence-corrected chi connectivity index (χ4v) is 4.50. The van der Waals surface area contributed by atoms with Crippen molar-refractivity contribution in [3.63, 3.8) is 0 Å². The molecule has 1 N–H and O–H groups in total. The topological polar surface area (TPSA) is 58.6 Å². The third-order valence-corrected chi connectivity index (χ3v) is 6.31. The fourth-order valence-electron chi connectivity index (χ4n) is 3.50. The Morgan fingerprint density at radius 1 is 1.00 bits per heavy atom. The minimum absolute atomic E-state index is 0.0902. The van der Waals surface area contributed by atoms with Gasteiger partial charge < -0.3 is 15.0 Å². The van der Waals surface area contributed by atoms with Crippen LogP contribution in [0.25, 0.3) is 10.4 Å². The highest BCUT2D eigenvalue weighted by Crippen LogP contribution is 2.37. The van der Waals surface area contributed by atoms with Gasteiger partial charge in [0.15, 0.2) is 6.61 Å². The Labute approximate surface area is 184 Å². The highest BCUT2D eigenvalue weighted by Gasteiger charge is 2.22. The molecule has 0 bridgehead atoms. The number of para-hydroxylation sites is 1. The molecular formula is C24H23FN2O3S. The number of nitrogens with zero attached hydrogens (tertiary/aromatic N) is 1. The van der Waals surface area contributed by atoms with Gasteiger partial charge in [-0.25, -0.2) is 4.39 Å². The minimum Gasteiger partial charge on any atom is -0.482 e. The minimum atomic E-state index is -0.515. The molecule has 3 aromatic rings. The van der Waals surface area contributed by atoms with E-state index in [2.05, 4.69) is 5.32 Å². The molecule has 2 aromatic carbocycles. The smallest absolute Gasteiger partial charge is 0.269 e. The summed E-state index contributed by atoms with van der Waals surface area (Å²) < 4.78 is 19.8. The molecule has 1 fully saturated rings. The average Bonchev–Trinajstić information content (AvgIpc) is 3.24. The Morgan fingerprint density at radius 2 is 1.71 bits per heavy atom. The molecule has 2 amide bonds. The van der Waals surface area contributed by atoms with E-state index in [1.165, 1.54) is 23.5 Å². The number of amides is 2. The summed E-state index contributed by atoms with van der Waals surface area (Å²) >= 11 is 1.25. The number of hydrogen-bond donors (Lipinski definition) is 1. The quantitative estimate of drug-likeness (QED) is 0.576. The van der Waals surface area contributed by atoms with Crippen molar-refractivity contribution < 1.29 is 18.7 Å². The van der Waals surface area contributed by atoms with Gasteiger partial charge in [0.05, 0.1) is 5.69 Å². The number of hydrogen-bond acceptors (Lipinski definition) is 4. The van der Waals surface area contributed by atoms with Crippen LogP contribution in [0.15, 0.2) is 60.7 Å². The summed E-state index contributed by atoms with van der Waals surface area (Å²) in [4.78, 5) is 28.4. The zero-order valence-electron chi connectivity index (χ0n) is 17.0. The lowest BCUT2D eigenvalue weighted by atomic mass is 10.1. The summed E-state index contributed by atoms with van der Waals surface area (Å²) in [5, 5.41) is 2.60. The summed E-state index contributed by atoms with van der Waals surface area (Å²) in [5.74, 6) is -0.758. The average molecular weight is 439 g/mol. The Morgan fingerprint density at radius 3 is 2.45 bits per heavy atom. The van der Waals surface area contributed by atoms with Crippen LogP contribution in [0.4, 0.5) is 10.1 Å². The maximum atomic E-state index is 14.0. The van der Waals surface area contributed by atoms with Gasteiger partial charge >= 0.3 is 0 Å². The first-order valence-electron chi connectivity index (χ1n) is 10.3. The number of halogens is 1. The van der Waals surface area contributed by atoms with Crippen LogP contribution in [-0.2, 0) is 4.79 Å². The normalized spacial score (nSPS) is 13.6. The Bertz CT molecular complexity index is 1060. The monoisotopic (exact) mass is 438 g/mol. The van der Waals surface area contributed by atoms with Crippen molar-refractivity contribution >= 4 is 28.8 Å². The second kappa shape index (κ2) is 9.75. The molecule has 4 rings (SSSR count). The van der Waals surface area contributed by atoms with Gasteiger partial charge in [-0.05, 0) is 43.0 Å². The van der Waals surface area contributed by atoms with E-state index in [0.717, 1.165) is 42.8 Å². The number of ether oxygens (including phenoxy) is 1. The second-order valence-electron chi connectivity index (χ2n) is 7.33. The van der Waals surface area contributed by atoms with Gasteiger partial charge in [0.1, 0.15) is 16.4 Å². The highest BCUT2D eigenvalue weighted by molar-refractivity contribution is 7.17. The van der Waals surface area contributed by atoms with E-state index in [9.17, 15) is 14.0 Å². The lowest BCUT2D eigenvalue weighted by Gasteiger charge is -2.26. The lowest BCUT2D eigenvalue weighted by Crippen LogP contribution is -2.38. The second-order valence-corrected chi connectivity index (χ2v) is 8.39. The molecule has 0 radical (unpaired) electrons. The number of rotatable bonds is 6. The Kier molecular flexibility index (Phi) is 6.62. The predicted molar refractivity (Wildman–Crippen MR) is 120 cm³/mol. The number of nitrogens with one attached hydrogen (secondary N) is 1. The van der Waals surface area contributed by atoms with Crippen molar-refractivity contribution in [1.82, 2.24) is 4.90 Å². The predicted octanol–water partition coefficient (Wildman–Crippen LogP) is 5.20. The van der Waals surface area contributed by atoms with Crippen molar-refractivity contribution in [2.45, 2.75) is 19.3 Å². The summed E-state index contributed by atoms with van der Waals surface area (Å²) in [7, 11) is 0. The SMILES string of the molecule is O=C(Nc1ccccc1F)c1sc(-c2ccccc2)cc1OCC(=O)N1CCCCC1. The van der Waals surface area contributed by atoms with Crippen LogP contribution in [0, 0.1) is 5.82 Å². The van der Waals surface area contributed by atoms with Crippen LogP contribution < -0.4 is 10.1 Å². The van der Waals surface area contributed by atoms with Gasteiger partial charge in [-0.1, -0.05) is 42.5 Å². The maximum absolute atomic E-state index is 14.0. The van der Waals surface area contributed by atoms with Gasteiger partial charge in [0, 0.05) is 18.0 Å². The zero-order valence-corrected chi connectivity index (χ0v) is 17.8. The van der Waals surface area contributed by atoms with Crippen LogP contribution in [0.2, 0.25) is 0 Å². The van der Waals surface area contributed by atoms with Gasteiger partial charge in [-0.15, -0.1) is 11.3 Å². The van der Waals surface area contributed by atoms with Gasteiger partial charge in [-0.2, -0.15) is 0 Å². The van der Waals surface area contributed by atoms with Crippen LogP contribution in [0.1, 0.15) is 28.9 Å². The summed E-state index contributed by atoms with van der Waals surface area (Å²) in [6, 6.07) is 17.4. The third kappa shape index (κ3) is 5.11. The molecule has 0 spiro atoms. The van der Waals surface area contributed by atoms with Crippen molar-refractivity contribution in [3.8, 4) is 16.2 Å². The molecule has 31 heavy (non-hydrogen) atoms. The maximum Gasteiger partial charge on any atom is 0.269 e. The number of likely N-dealkylation sites (tertiary alicyclic amines) is 1. The number of carbonyl (C=O) groups is 2. The van der Waals surface area contributed by atoms with E-state index >= 15 is 0 Å². The third-order valence-electron chi connectivity index (χ3n) is 5.14. The standard InChI is InChI=1S/C24H23FN2O3S/c25-18-11-5-6-12-19(18)26-24(29)23-20(15-21(31-23)17-9-3-1-4-10-17)30-16-22(28)27-13-7-2-8-14-27/h1,3-6,9-12,15H,2,7-8,13-14,16H2,(H,26,29). The number of anilines is 1. The molecule has 1 saturated heterocycles. The van der Waals surface area contributed by atoms with Crippen molar-refractivity contribution in [3.05, 3.63) is 71.4 Å². The van der Waals surface area contributed by atoms with E-state index in [-0.39, 0.29) is 18.2 Å². The van der Waals surface area contributed by atoms with Crippen LogP contribution in [-0.4, -0.2) is 36.4 Å². The number of piperidine rings is 1. The zero-order chi connectivity index (χ0) is 21.6. The summed E-state index contributed by atoms with van der Waals surface area (Å²) in [5.41, 5.74) is 1.03. The lowest BCUT2D eigenvalue weighted by molar-refractivity contribution is -0.134. The van der Waals surface area contributed by atoms with Crippen LogP contribution in [0.3, 0.4) is 0 Å². The molecule has 1 aliphatic rings. The molecule has 5 nitrogen and oxygen atoms in total. The molecule has 1 aliphatic heterocycles. The molecule has 1 aromatic heterocycles. The van der Waals surface area contributed by atoms with E-state index in [1.807, 2.05) is 30.3 Å².